The van der Waals surface area contributed by atoms with Gasteiger partial charge in [0.05, 0.1) is 19.1 Å². The van der Waals surface area contributed by atoms with Crippen LogP contribution in [-0.4, -0.2) is 30.1 Å². The first-order valence-electron chi connectivity index (χ1n) is 7.08. The van der Waals surface area contributed by atoms with Crippen molar-refractivity contribution >= 4 is 17.5 Å². The van der Waals surface area contributed by atoms with E-state index < -0.39 is 0 Å². The number of piperidine rings is 1. The summed E-state index contributed by atoms with van der Waals surface area (Å²) in [4.78, 5) is 23.2. The van der Waals surface area contributed by atoms with Gasteiger partial charge in [0, 0.05) is 24.2 Å². The maximum atomic E-state index is 12.1. The Morgan fingerprint density at radius 1 is 1.52 bits per heavy atom. The fraction of sp³-hybridized carbons (Fsp3) is 0.467. The third-order valence-electron chi connectivity index (χ3n) is 3.43. The second kappa shape index (κ2) is 7.08. The van der Waals surface area contributed by atoms with Crippen LogP contribution in [0.15, 0.2) is 18.2 Å². The van der Waals surface area contributed by atoms with Crippen LogP contribution in [-0.2, 0) is 16.2 Å². The van der Waals surface area contributed by atoms with E-state index >= 15 is 0 Å². The Labute approximate surface area is 123 Å². The topological polar surface area (TPSA) is 87.7 Å². The van der Waals surface area contributed by atoms with Crippen molar-refractivity contribution in [1.29, 1.82) is 0 Å². The van der Waals surface area contributed by atoms with Crippen molar-refractivity contribution in [3.8, 4) is 5.75 Å². The number of hydrogen-bond donors (Lipinski definition) is 3. The van der Waals surface area contributed by atoms with Crippen molar-refractivity contribution in [2.45, 2.75) is 26.4 Å². The van der Waals surface area contributed by atoms with Crippen molar-refractivity contribution in [2.24, 2.45) is 5.92 Å². The Morgan fingerprint density at radius 2 is 2.33 bits per heavy atom. The molecule has 1 atom stereocenters. The molecule has 114 valence electrons. The van der Waals surface area contributed by atoms with Gasteiger partial charge in [-0.15, -0.1) is 0 Å². The van der Waals surface area contributed by atoms with Crippen LogP contribution < -0.4 is 15.4 Å². The average Bonchev–Trinajstić information content (AvgIpc) is 2.49. The van der Waals surface area contributed by atoms with Crippen molar-refractivity contribution in [2.75, 3.05) is 18.5 Å². The summed E-state index contributed by atoms with van der Waals surface area (Å²) in [5.74, 6) is 0.264. The average molecular weight is 292 g/mol. The SMILES string of the molecule is CCOc1ccc(NC(=O)C2CCC(=O)NC2)cc1CO. The summed E-state index contributed by atoms with van der Waals surface area (Å²) in [5, 5.41) is 14.8. The Balaban J connectivity index is 2.02. The number of aliphatic hydroxyl groups is 1. The highest BCUT2D eigenvalue weighted by atomic mass is 16.5. The highest BCUT2D eigenvalue weighted by Crippen LogP contribution is 2.24. The molecule has 1 aromatic carbocycles. The Bertz CT molecular complexity index is 520. The number of aliphatic hydroxyl groups excluding tert-OH is 1. The normalized spacial score (nSPS) is 18.0. The molecule has 1 aromatic rings. The molecule has 1 aliphatic heterocycles. The van der Waals surface area contributed by atoms with E-state index in [-0.39, 0.29) is 24.3 Å². The predicted molar refractivity (Wildman–Crippen MR) is 77.9 cm³/mol. The fourth-order valence-corrected chi connectivity index (χ4v) is 2.28. The number of nitrogens with one attached hydrogen (secondary N) is 2. The lowest BCUT2D eigenvalue weighted by Crippen LogP contribution is -2.40. The smallest absolute Gasteiger partial charge is 0.229 e. The Hall–Kier alpha value is -2.08. The largest absolute Gasteiger partial charge is 0.494 e. The summed E-state index contributed by atoms with van der Waals surface area (Å²) in [5.41, 5.74) is 1.25. The van der Waals surface area contributed by atoms with Crippen LogP contribution >= 0.6 is 0 Å². The molecule has 1 unspecified atom stereocenters. The number of carbonyl (C=O) groups is 2. The number of ether oxygens (including phenoxy) is 1. The monoisotopic (exact) mass is 292 g/mol. The summed E-state index contributed by atoms with van der Waals surface area (Å²) >= 11 is 0. The number of anilines is 1. The van der Waals surface area contributed by atoms with E-state index in [9.17, 15) is 14.7 Å². The minimum absolute atomic E-state index is 0.0114. The van der Waals surface area contributed by atoms with Gasteiger partial charge in [-0.3, -0.25) is 9.59 Å². The molecule has 0 saturated carbocycles. The van der Waals surface area contributed by atoms with Crippen LogP contribution in [0.5, 0.6) is 5.75 Å². The molecular weight excluding hydrogens is 272 g/mol. The molecule has 1 saturated heterocycles. The number of carbonyl (C=O) groups excluding carboxylic acids is 2. The van der Waals surface area contributed by atoms with Crippen molar-refractivity contribution in [3.63, 3.8) is 0 Å². The van der Waals surface area contributed by atoms with Crippen LogP contribution in [0.25, 0.3) is 0 Å². The maximum absolute atomic E-state index is 12.1. The molecule has 6 nitrogen and oxygen atoms in total. The summed E-state index contributed by atoms with van der Waals surface area (Å²) in [7, 11) is 0. The molecule has 0 aromatic heterocycles. The standard InChI is InChI=1S/C15H20N2O4/c1-2-21-13-5-4-12(7-11(13)9-18)17-15(20)10-3-6-14(19)16-8-10/h4-5,7,10,18H,2-3,6,8-9H2,1H3,(H,16,19)(H,17,20). The third-order valence-corrected chi connectivity index (χ3v) is 3.43. The first-order valence-corrected chi connectivity index (χ1v) is 7.08. The van der Waals surface area contributed by atoms with E-state index in [2.05, 4.69) is 10.6 Å². The van der Waals surface area contributed by atoms with E-state index in [0.29, 0.717) is 43.0 Å². The third kappa shape index (κ3) is 3.95. The van der Waals surface area contributed by atoms with Crippen LogP contribution in [0.3, 0.4) is 0 Å². The summed E-state index contributed by atoms with van der Waals surface area (Å²) in [6.07, 6.45) is 0.935. The van der Waals surface area contributed by atoms with Gasteiger partial charge in [-0.1, -0.05) is 0 Å². The molecule has 3 N–H and O–H groups in total. The Kier molecular flexibility index (Phi) is 5.16. The second-order valence-electron chi connectivity index (χ2n) is 4.94. The minimum Gasteiger partial charge on any atom is -0.494 e. The van der Waals surface area contributed by atoms with Crippen molar-refractivity contribution in [1.82, 2.24) is 5.32 Å². The zero-order valence-corrected chi connectivity index (χ0v) is 12.0. The van der Waals surface area contributed by atoms with Gasteiger partial charge in [0.15, 0.2) is 0 Å². The van der Waals surface area contributed by atoms with Gasteiger partial charge >= 0.3 is 0 Å². The van der Waals surface area contributed by atoms with Gasteiger partial charge in [-0.25, -0.2) is 0 Å². The molecule has 21 heavy (non-hydrogen) atoms. The molecule has 2 rings (SSSR count). The van der Waals surface area contributed by atoms with Gasteiger partial charge < -0.3 is 20.5 Å². The van der Waals surface area contributed by atoms with Crippen LogP contribution in [0.1, 0.15) is 25.3 Å². The molecular formula is C15H20N2O4. The van der Waals surface area contributed by atoms with Gasteiger partial charge in [0.25, 0.3) is 0 Å². The lowest BCUT2D eigenvalue weighted by Gasteiger charge is -2.21. The number of benzene rings is 1. The van der Waals surface area contributed by atoms with Crippen LogP contribution in [0.4, 0.5) is 5.69 Å². The number of hydrogen-bond acceptors (Lipinski definition) is 4. The number of amides is 2. The lowest BCUT2D eigenvalue weighted by atomic mass is 9.98. The molecule has 1 aliphatic rings. The van der Waals surface area contributed by atoms with Crippen molar-refractivity contribution < 1.29 is 19.4 Å². The molecule has 0 spiro atoms. The quantitative estimate of drug-likeness (QED) is 0.757. The Morgan fingerprint density at radius 3 is 2.95 bits per heavy atom. The first-order chi connectivity index (χ1) is 10.1. The van der Waals surface area contributed by atoms with Crippen molar-refractivity contribution in [3.05, 3.63) is 23.8 Å². The van der Waals surface area contributed by atoms with Gasteiger partial charge in [-0.2, -0.15) is 0 Å². The minimum atomic E-state index is -0.216. The van der Waals surface area contributed by atoms with Crippen LogP contribution in [0.2, 0.25) is 0 Å². The summed E-state index contributed by atoms with van der Waals surface area (Å²) in [6.45, 7) is 2.60. The highest BCUT2D eigenvalue weighted by molar-refractivity contribution is 5.94. The molecule has 6 heteroatoms. The lowest BCUT2D eigenvalue weighted by molar-refractivity contribution is -0.126. The fourth-order valence-electron chi connectivity index (χ4n) is 2.28. The van der Waals surface area contributed by atoms with E-state index in [0.717, 1.165) is 0 Å². The van der Waals surface area contributed by atoms with Crippen LogP contribution in [0, 0.1) is 5.92 Å². The molecule has 1 fully saturated rings. The molecule has 0 bridgehead atoms. The highest BCUT2D eigenvalue weighted by Gasteiger charge is 2.24. The zero-order chi connectivity index (χ0) is 15.2. The number of rotatable bonds is 5. The van der Waals surface area contributed by atoms with E-state index in [1.807, 2.05) is 6.92 Å². The summed E-state index contributed by atoms with van der Waals surface area (Å²) < 4.78 is 5.40. The molecule has 0 aliphatic carbocycles. The van der Waals surface area contributed by atoms with Gasteiger partial charge in [0.1, 0.15) is 5.75 Å². The summed E-state index contributed by atoms with van der Waals surface area (Å²) in [6, 6.07) is 5.17. The maximum Gasteiger partial charge on any atom is 0.229 e. The zero-order valence-electron chi connectivity index (χ0n) is 12.0. The molecule has 0 radical (unpaired) electrons. The first kappa shape index (κ1) is 15.3. The van der Waals surface area contributed by atoms with E-state index in [1.165, 1.54) is 0 Å². The predicted octanol–water partition coefficient (Wildman–Crippen LogP) is 1.04. The van der Waals surface area contributed by atoms with Gasteiger partial charge in [0.2, 0.25) is 11.8 Å². The van der Waals surface area contributed by atoms with Gasteiger partial charge in [-0.05, 0) is 31.5 Å². The molecule has 1 heterocycles. The van der Waals surface area contributed by atoms with E-state index in [1.54, 1.807) is 18.2 Å². The molecule has 2 amide bonds. The van der Waals surface area contributed by atoms with E-state index in [4.69, 9.17) is 4.74 Å². The second-order valence-corrected chi connectivity index (χ2v) is 4.94.